The van der Waals surface area contributed by atoms with Crippen LogP contribution in [0, 0.1) is 0 Å². The van der Waals surface area contributed by atoms with Crippen LogP contribution in [0.2, 0.25) is 0 Å². The first-order chi connectivity index (χ1) is 13.2. The molecule has 0 radical (unpaired) electrons. The number of anilines is 1. The Bertz CT molecular complexity index is 948. The third kappa shape index (κ3) is 3.98. The van der Waals surface area contributed by atoms with Crippen molar-refractivity contribution < 1.29 is 18.0 Å². The van der Waals surface area contributed by atoms with Gasteiger partial charge in [0.15, 0.2) is 5.54 Å². The molecule has 1 amide bonds. The standard InChI is InChI=1S/C19H16F3N5O/c1-18(8-4-3-5-9-26-18)17(28)27(2)16-10-14(24-12-25-16)13-6-7-15(23-11-13)19(20,21)22/h3-12H,1-2H3. The maximum absolute atomic E-state index is 12.9. The molecular formula is C19H16F3N5O. The number of carbonyl (C=O) groups is 1. The second-order valence-electron chi connectivity index (χ2n) is 6.23. The quantitative estimate of drug-likeness (QED) is 0.809. The Morgan fingerprint density at radius 1 is 1.11 bits per heavy atom. The molecule has 28 heavy (non-hydrogen) atoms. The van der Waals surface area contributed by atoms with Gasteiger partial charge in [-0.05, 0) is 31.2 Å². The third-order valence-electron chi connectivity index (χ3n) is 4.16. The monoisotopic (exact) mass is 387 g/mol. The van der Waals surface area contributed by atoms with Crippen LogP contribution in [-0.4, -0.2) is 39.7 Å². The molecule has 0 fully saturated rings. The van der Waals surface area contributed by atoms with Gasteiger partial charge in [0.2, 0.25) is 0 Å². The molecule has 3 heterocycles. The van der Waals surface area contributed by atoms with Gasteiger partial charge in [-0.3, -0.25) is 19.7 Å². The molecule has 0 N–H and O–H groups in total. The van der Waals surface area contributed by atoms with E-state index < -0.39 is 17.4 Å². The highest BCUT2D eigenvalue weighted by molar-refractivity contribution is 6.02. The molecule has 3 rings (SSSR count). The number of pyridine rings is 1. The Kier molecular flexibility index (Phi) is 5.08. The predicted molar refractivity (Wildman–Crippen MR) is 98.9 cm³/mol. The summed E-state index contributed by atoms with van der Waals surface area (Å²) in [6.07, 6.45) is 6.25. The molecule has 0 aliphatic carbocycles. The van der Waals surface area contributed by atoms with Gasteiger partial charge in [-0.1, -0.05) is 12.2 Å². The zero-order valence-electron chi connectivity index (χ0n) is 15.1. The second-order valence-corrected chi connectivity index (χ2v) is 6.23. The first kappa shape index (κ1) is 19.4. The number of halogens is 3. The van der Waals surface area contributed by atoms with Gasteiger partial charge in [0.05, 0.1) is 5.69 Å². The van der Waals surface area contributed by atoms with E-state index in [4.69, 9.17) is 0 Å². The first-order valence-electron chi connectivity index (χ1n) is 8.24. The number of rotatable bonds is 3. The Morgan fingerprint density at radius 3 is 2.57 bits per heavy atom. The van der Waals surface area contributed by atoms with Gasteiger partial charge < -0.3 is 0 Å². The highest BCUT2D eigenvalue weighted by atomic mass is 19.4. The highest BCUT2D eigenvalue weighted by Gasteiger charge is 2.34. The average Bonchev–Trinajstić information content (AvgIpc) is 2.92. The SMILES string of the molecule is CN(C(=O)C1(C)C=CC=CC=N1)c1cc(-c2ccc(C(F)(F)F)nc2)ncn1. The molecular weight excluding hydrogens is 371 g/mol. The van der Waals surface area contributed by atoms with Crippen molar-refractivity contribution in [3.8, 4) is 11.3 Å². The first-order valence-corrected chi connectivity index (χ1v) is 8.24. The summed E-state index contributed by atoms with van der Waals surface area (Å²) >= 11 is 0. The van der Waals surface area contributed by atoms with Crippen molar-refractivity contribution in [2.75, 3.05) is 11.9 Å². The molecule has 2 aromatic rings. The molecule has 6 nitrogen and oxygen atoms in total. The minimum atomic E-state index is -4.51. The zero-order valence-corrected chi connectivity index (χ0v) is 15.1. The lowest BCUT2D eigenvalue weighted by Crippen LogP contribution is -2.43. The van der Waals surface area contributed by atoms with Gasteiger partial charge in [-0.2, -0.15) is 13.2 Å². The molecule has 0 saturated carbocycles. The largest absolute Gasteiger partial charge is 0.433 e. The van der Waals surface area contributed by atoms with Gasteiger partial charge in [0.1, 0.15) is 17.8 Å². The lowest BCUT2D eigenvalue weighted by atomic mass is 10.0. The predicted octanol–water partition coefficient (Wildman–Crippen LogP) is 3.48. The highest BCUT2D eigenvalue weighted by Crippen LogP contribution is 2.29. The number of allylic oxidation sites excluding steroid dienone is 3. The molecule has 0 spiro atoms. The van der Waals surface area contributed by atoms with Crippen LogP contribution in [0.1, 0.15) is 12.6 Å². The number of aliphatic imine (C=N–C) groups is 1. The van der Waals surface area contributed by atoms with E-state index in [1.165, 1.54) is 23.4 Å². The number of hydrogen-bond donors (Lipinski definition) is 0. The number of hydrogen-bond acceptors (Lipinski definition) is 5. The lowest BCUT2D eigenvalue weighted by Gasteiger charge is -2.26. The smallest absolute Gasteiger partial charge is 0.297 e. The van der Waals surface area contributed by atoms with Crippen LogP contribution in [0.3, 0.4) is 0 Å². The summed E-state index contributed by atoms with van der Waals surface area (Å²) in [4.78, 5) is 30.1. The van der Waals surface area contributed by atoms with Crippen LogP contribution in [-0.2, 0) is 11.0 Å². The maximum Gasteiger partial charge on any atom is 0.433 e. The number of likely N-dealkylation sites (N-methyl/N-ethyl adjacent to an activating group) is 1. The fourth-order valence-corrected chi connectivity index (χ4v) is 2.57. The zero-order chi connectivity index (χ0) is 20.4. The summed E-state index contributed by atoms with van der Waals surface area (Å²) in [5.41, 5.74) is -1.37. The fraction of sp³-hybridized carbons (Fsp3) is 0.211. The van der Waals surface area contributed by atoms with Crippen molar-refractivity contribution in [1.29, 1.82) is 0 Å². The molecule has 0 bridgehead atoms. The van der Waals surface area contributed by atoms with Crippen LogP contribution in [0.15, 0.2) is 60.0 Å². The summed E-state index contributed by atoms with van der Waals surface area (Å²) in [6, 6.07) is 3.66. The van der Waals surface area contributed by atoms with E-state index in [0.29, 0.717) is 11.3 Å². The van der Waals surface area contributed by atoms with Gasteiger partial charge in [0, 0.05) is 31.1 Å². The third-order valence-corrected chi connectivity index (χ3v) is 4.16. The van der Waals surface area contributed by atoms with Gasteiger partial charge in [0.25, 0.3) is 5.91 Å². The van der Waals surface area contributed by atoms with Crippen molar-refractivity contribution in [1.82, 2.24) is 15.0 Å². The lowest BCUT2D eigenvalue weighted by molar-refractivity contribution is -0.141. The second kappa shape index (κ2) is 7.34. The molecule has 1 unspecified atom stereocenters. The van der Waals surface area contributed by atoms with Crippen LogP contribution in [0.4, 0.5) is 19.0 Å². The summed E-state index contributed by atoms with van der Waals surface area (Å²) in [5, 5.41) is 0. The van der Waals surface area contributed by atoms with E-state index in [-0.39, 0.29) is 11.7 Å². The molecule has 1 atom stereocenters. The van der Waals surface area contributed by atoms with E-state index in [0.717, 1.165) is 12.3 Å². The molecule has 0 saturated heterocycles. The van der Waals surface area contributed by atoms with Gasteiger partial charge in [-0.15, -0.1) is 0 Å². The Morgan fingerprint density at radius 2 is 1.89 bits per heavy atom. The van der Waals surface area contributed by atoms with Crippen LogP contribution < -0.4 is 4.90 Å². The van der Waals surface area contributed by atoms with Crippen molar-refractivity contribution >= 4 is 17.9 Å². The Hall–Kier alpha value is -3.36. The number of aromatic nitrogens is 3. The van der Waals surface area contributed by atoms with E-state index in [1.54, 1.807) is 44.5 Å². The molecule has 1 aliphatic heterocycles. The van der Waals surface area contributed by atoms with E-state index in [1.807, 2.05) is 0 Å². The van der Waals surface area contributed by atoms with Crippen molar-refractivity contribution in [2.45, 2.75) is 18.6 Å². The topological polar surface area (TPSA) is 71.3 Å². The summed E-state index contributed by atoms with van der Waals surface area (Å²) in [5.74, 6) is -0.0316. The molecule has 2 aromatic heterocycles. The summed E-state index contributed by atoms with van der Waals surface area (Å²) < 4.78 is 38.0. The van der Waals surface area contributed by atoms with Crippen LogP contribution in [0.25, 0.3) is 11.3 Å². The molecule has 1 aliphatic rings. The van der Waals surface area contributed by atoms with E-state index >= 15 is 0 Å². The maximum atomic E-state index is 12.9. The van der Waals surface area contributed by atoms with Crippen LogP contribution in [0.5, 0.6) is 0 Å². The van der Waals surface area contributed by atoms with Crippen molar-refractivity contribution in [3.05, 3.63) is 60.7 Å². The van der Waals surface area contributed by atoms with E-state index in [9.17, 15) is 18.0 Å². The fourth-order valence-electron chi connectivity index (χ4n) is 2.57. The van der Waals surface area contributed by atoms with E-state index in [2.05, 4.69) is 19.9 Å². The minimum Gasteiger partial charge on any atom is -0.297 e. The molecule has 9 heteroatoms. The van der Waals surface area contributed by atoms with Gasteiger partial charge in [-0.25, -0.2) is 9.97 Å². The summed E-state index contributed by atoms with van der Waals surface area (Å²) in [7, 11) is 1.55. The van der Waals surface area contributed by atoms with Crippen molar-refractivity contribution in [3.63, 3.8) is 0 Å². The Labute approximate surface area is 159 Å². The molecule has 0 aromatic carbocycles. The van der Waals surface area contributed by atoms with Crippen LogP contribution >= 0.6 is 0 Å². The number of nitrogens with zero attached hydrogens (tertiary/aromatic N) is 5. The summed E-state index contributed by atoms with van der Waals surface area (Å²) in [6.45, 7) is 1.67. The average molecular weight is 387 g/mol. The van der Waals surface area contributed by atoms with Crippen molar-refractivity contribution in [2.24, 2.45) is 4.99 Å². The van der Waals surface area contributed by atoms with Gasteiger partial charge >= 0.3 is 6.18 Å². The molecule has 144 valence electrons. The Balaban J connectivity index is 1.87. The number of carbonyl (C=O) groups excluding carboxylic acids is 1. The normalized spacial score (nSPS) is 18.8. The number of amides is 1. The minimum absolute atomic E-state index is 0.289. The number of alkyl halides is 3.